The van der Waals surface area contributed by atoms with Gasteiger partial charge in [0.1, 0.15) is 10.4 Å². The number of para-hydroxylation sites is 1. The fraction of sp³-hybridized carbons (Fsp3) is 0.294. The molecule has 1 saturated heterocycles. The lowest BCUT2D eigenvalue weighted by molar-refractivity contribution is -0.144. The maximum atomic E-state index is 12.9. The van der Waals surface area contributed by atoms with Crippen LogP contribution in [0.3, 0.4) is 0 Å². The number of hydrogen-bond acceptors (Lipinski definition) is 5. The molecular weight excluding hydrogens is 360 g/mol. The summed E-state index contributed by atoms with van der Waals surface area (Å²) in [5, 5.41) is 9.20. The molecule has 2 amide bonds. The molecule has 2 aliphatic heterocycles. The average Bonchev–Trinajstić information content (AvgIpc) is 3.01. The maximum absolute atomic E-state index is 12.9. The summed E-state index contributed by atoms with van der Waals surface area (Å²) in [5.41, 5.74) is 1.76. The van der Waals surface area contributed by atoms with Crippen LogP contribution in [-0.4, -0.2) is 44.7 Å². The number of carboxylic acid groups (broad SMARTS) is 1. The molecule has 0 bridgehead atoms. The van der Waals surface area contributed by atoms with E-state index in [0.29, 0.717) is 17.7 Å². The Kier molecular flexibility index (Phi) is 4.66. The summed E-state index contributed by atoms with van der Waals surface area (Å²) >= 11 is 6.18. The second kappa shape index (κ2) is 6.61. The Bertz CT molecular complexity index is 834. The van der Waals surface area contributed by atoms with Crippen molar-refractivity contribution in [3.8, 4) is 0 Å². The first-order valence-corrected chi connectivity index (χ1v) is 9.04. The molecule has 6 nitrogen and oxygen atoms in total. The van der Waals surface area contributed by atoms with Gasteiger partial charge in [-0.2, -0.15) is 0 Å². The molecule has 0 radical (unpaired) electrons. The average molecular weight is 376 g/mol. The molecule has 1 fully saturated rings. The normalized spacial score (nSPS) is 21.1. The van der Waals surface area contributed by atoms with Crippen molar-refractivity contribution in [2.45, 2.75) is 26.3 Å². The molecule has 0 aliphatic carbocycles. The van der Waals surface area contributed by atoms with Crippen LogP contribution in [0.25, 0.3) is 5.57 Å². The lowest BCUT2D eigenvalue weighted by atomic mass is 10.1. The topological polar surface area (TPSA) is 77.9 Å². The number of benzene rings is 1. The molecule has 130 valence electrons. The standard InChI is InChI=1S/C17H16N2O4S2/c1-3-8-18-11-7-5-4-6-10(11)12(14(18)20)13-15(21)19(17(24)25-13)9(2)16(22)23/h4-7,9H,3,8H2,1-2H3,(H,22,23). The summed E-state index contributed by atoms with van der Waals surface area (Å²) in [6, 6.07) is 6.21. The van der Waals surface area contributed by atoms with Crippen LogP contribution in [0, 0.1) is 0 Å². The van der Waals surface area contributed by atoms with Gasteiger partial charge in [0.25, 0.3) is 11.8 Å². The molecule has 1 N–H and O–H groups in total. The Morgan fingerprint density at radius 1 is 1.28 bits per heavy atom. The van der Waals surface area contributed by atoms with Gasteiger partial charge in [0.15, 0.2) is 0 Å². The minimum atomic E-state index is -1.15. The highest BCUT2D eigenvalue weighted by Crippen LogP contribution is 2.44. The second-order valence-corrected chi connectivity index (χ2v) is 7.38. The monoisotopic (exact) mass is 376 g/mol. The Morgan fingerprint density at radius 3 is 2.60 bits per heavy atom. The number of thiocarbonyl (C=S) groups is 1. The number of carbonyl (C=O) groups excluding carboxylic acids is 2. The van der Waals surface area contributed by atoms with Crippen LogP contribution in [0.4, 0.5) is 5.69 Å². The molecule has 0 aromatic heterocycles. The third-order valence-corrected chi connectivity index (χ3v) is 5.54. The number of fused-ring (bicyclic) bond motifs is 1. The van der Waals surface area contributed by atoms with E-state index in [4.69, 9.17) is 12.2 Å². The van der Waals surface area contributed by atoms with E-state index in [1.807, 2.05) is 25.1 Å². The van der Waals surface area contributed by atoms with Crippen LogP contribution in [0.1, 0.15) is 25.8 Å². The molecule has 1 aromatic carbocycles. The van der Waals surface area contributed by atoms with Crippen molar-refractivity contribution in [1.29, 1.82) is 0 Å². The predicted molar refractivity (Wildman–Crippen MR) is 100 cm³/mol. The highest BCUT2D eigenvalue weighted by Gasteiger charge is 2.44. The fourth-order valence-corrected chi connectivity index (χ4v) is 4.41. The van der Waals surface area contributed by atoms with Crippen molar-refractivity contribution in [1.82, 2.24) is 4.90 Å². The van der Waals surface area contributed by atoms with Gasteiger partial charge in [-0.25, -0.2) is 4.79 Å². The zero-order chi connectivity index (χ0) is 18.3. The van der Waals surface area contributed by atoms with Gasteiger partial charge in [0.05, 0.1) is 16.2 Å². The van der Waals surface area contributed by atoms with Crippen molar-refractivity contribution in [3.05, 3.63) is 34.7 Å². The minimum absolute atomic E-state index is 0.154. The predicted octanol–water partition coefficient (Wildman–Crippen LogP) is 2.49. The minimum Gasteiger partial charge on any atom is -0.480 e. The van der Waals surface area contributed by atoms with Gasteiger partial charge in [-0.3, -0.25) is 14.5 Å². The van der Waals surface area contributed by atoms with Crippen LogP contribution in [-0.2, 0) is 14.4 Å². The molecule has 8 heteroatoms. The molecule has 0 spiro atoms. The van der Waals surface area contributed by atoms with Crippen LogP contribution in [0.2, 0.25) is 0 Å². The van der Waals surface area contributed by atoms with Gasteiger partial charge >= 0.3 is 5.97 Å². The van der Waals surface area contributed by atoms with Crippen molar-refractivity contribution in [2.24, 2.45) is 0 Å². The number of aliphatic carboxylic acids is 1. The largest absolute Gasteiger partial charge is 0.480 e. The summed E-state index contributed by atoms with van der Waals surface area (Å²) < 4.78 is 0.154. The van der Waals surface area contributed by atoms with E-state index in [9.17, 15) is 19.5 Å². The van der Waals surface area contributed by atoms with Gasteiger partial charge in [-0.05, 0) is 19.4 Å². The summed E-state index contributed by atoms with van der Waals surface area (Å²) in [4.78, 5) is 39.9. The second-order valence-electron chi connectivity index (χ2n) is 5.74. The summed E-state index contributed by atoms with van der Waals surface area (Å²) in [6.45, 7) is 3.92. The maximum Gasteiger partial charge on any atom is 0.326 e. The van der Waals surface area contributed by atoms with Crippen molar-refractivity contribution >= 4 is 57.3 Å². The molecule has 1 aromatic rings. The number of anilines is 1. The molecule has 2 aliphatic rings. The molecule has 2 heterocycles. The van der Waals surface area contributed by atoms with E-state index in [1.54, 1.807) is 11.0 Å². The van der Waals surface area contributed by atoms with Crippen LogP contribution in [0.15, 0.2) is 29.2 Å². The quantitative estimate of drug-likeness (QED) is 0.643. The molecule has 1 unspecified atom stereocenters. The smallest absolute Gasteiger partial charge is 0.326 e. The number of amides is 2. The van der Waals surface area contributed by atoms with E-state index in [-0.39, 0.29) is 15.1 Å². The number of carboxylic acids is 1. The molecule has 1 atom stereocenters. The van der Waals surface area contributed by atoms with E-state index in [2.05, 4.69) is 0 Å². The number of rotatable bonds is 4. The van der Waals surface area contributed by atoms with Crippen molar-refractivity contribution < 1.29 is 19.5 Å². The van der Waals surface area contributed by atoms with Crippen molar-refractivity contribution in [3.63, 3.8) is 0 Å². The Morgan fingerprint density at radius 2 is 1.96 bits per heavy atom. The van der Waals surface area contributed by atoms with Gasteiger partial charge in [-0.15, -0.1) is 0 Å². The lowest BCUT2D eigenvalue weighted by Gasteiger charge is -2.18. The number of thioether (sulfide) groups is 1. The summed E-state index contributed by atoms with van der Waals surface area (Å²) in [6.07, 6.45) is 0.782. The Hall–Kier alpha value is -2.19. The van der Waals surface area contributed by atoms with Gasteiger partial charge in [0, 0.05) is 12.1 Å². The molecule has 0 saturated carbocycles. The first kappa shape index (κ1) is 17.6. The Labute approximate surface area is 154 Å². The molecule has 25 heavy (non-hydrogen) atoms. The van der Waals surface area contributed by atoms with Crippen molar-refractivity contribution in [2.75, 3.05) is 11.4 Å². The van der Waals surface area contributed by atoms with E-state index in [1.165, 1.54) is 6.92 Å². The van der Waals surface area contributed by atoms with Gasteiger partial charge < -0.3 is 10.0 Å². The van der Waals surface area contributed by atoms with Crippen LogP contribution >= 0.6 is 24.0 Å². The highest BCUT2D eigenvalue weighted by atomic mass is 32.2. The fourth-order valence-electron chi connectivity index (χ4n) is 2.92. The summed E-state index contributed by atoms with van der Waals surface area (Å²) in [5.74, 6) is -1.92. The van der Waals surface area contributed by atoms with Crippen LogP contribution < -0.4 is 4.90 Å². The third kappa shape index (κ3) is 2.75. The SMILES string of the molecule is CCCN1C(=O)C(=C2SC(=S)N(C(C)C(=O)O)C2=O)c2ccccc21. The first-order chi connectivity index (χ1) is 11.9. The van der Waals surface area contributed by atoms with E-state index in [0.717, 1.165) is 28.8 Å². The third-order valence-electron chi connectivity index (χ3n) is 4.14. The molecule has 3 rings (SSSR count). The van der Waals surface area contributed by atoms with E-state index < -0.39 is 17.9 Å². The number of nitrogens with zero attached hydrogens (tertiary/aromatic N) is 2. The molecular formula is C17H16N2O4S2. The summed E-state index contributed by atoms with van der Waals surface area (Å²) in [7, 11) is 0. The van der Waals surface area contributed by atoms with E-state index >= 15 is 0 Å². The highest BCUT2D eigenvalue weighted by molar-refractivity contribution is 8.26. The number of carbonyl (C=O) groups is 3. The Balaban J connectivity index is 2.12. The lowest BCUT2D eigenvalue weighted by Crippen LogP contribution is -2.41. The number of hydrogen-bond donors (Lipinski definition) is 1. The van der Waals surface area contributed by atoms with Gasteiger partial charge in [0.2, 0.25) is 0 Å². The first-order valence-electron chi connectivity index (χ1n) is 7.82. The zero-order valence-electron chi connectivity index (χ0n) is 13.7. The van der Waals surface area contributed by atoms with Gasteiger partial charge in [-0.1, -0.05) is 49.1 Å². The zero-order valence-corrected chi connectivity index (χ0v) is 15.3. The van der Waals surface area contributed by atoms with Crippen LogP contribution in [0.5, 0.6) is 0 Å².